The number of nitrogens with one attached hydrogen (secondary N) is 1. The van der Waals surface area contributed by atoms with E-state index in [1.54, 1.807) is 42.6 Å². The lowest BCUT2D eigenvalue weighted by Crippen LogP contribution is -2.21. The molecule has 0 aliphatic carbocycles. The first kappa shape index (κ1) is 30.4. The molecule has 4 rings (SSSR count). The summed E-state index contributed by atoms with van der Waals surface area (Å²) in [5.74, 6) is -0.780. The van der Waals surface area contributed by atoms with Crippen LogP contribution in [0.5, 0.6) is 0 Å². The van der Waals surface area contributed by atoms with E-state index < -0.39 is 18.9 Å². The van der Waals surface area contributed by atoms with E-state index in [0.717, 1.165) is 4.90 Å². The minimum atomic E-state index is -3.68. The predicted molar refractivity (Wildman–Crippen MR) is 163 cm³/mol. The van der Waals surface area contributed by atoms with Crippen molar-refractivity contribution in [1.29, 1.82) is 0 Å². The average Bonchev–Trinajstić information content (AvgIpc) is 2.91. The van der Waals surface area contributed by atoms with Crippen LogP contribution in [-0.4, -0.2) is 22.0 Å². The molecule has 0 radical (unpaired) electrons. The Morgan fingerprint density at radius 2 is 1.48 bits per heavy atom. The molecule has 1 heterocycles. The Morgan fingerprint density at radius 1 is 0.875 bits per heavy atom. The normalized spacial score (nSPS) is 12.6. The van der Waals surface area contributed by atoms with Gasteiger partial charge in [0, 0.05) is 15.6 Å². The zero-order valence-corrected chi connectivity index (χ0v) is 25.7. The molecule has 0 saturated carbocycles. The van der Waals surface area contributed by atoms with Crippen LogP contribution in [0.2, 0.25) is 10.0 Å². The van der Waals surface area contributed by atoms with E-state index in [1.165, 1.54) is 16.4 Å². The van der Waals surface area contributed by atoms with Gasteiger partial charge in [-0.15, -0.1) is 0 Å². The molecule has 3 aromatic carbocycles. The molecule has 0 bridgehead atoms. The minimum absolute atomic E-state index is 0.0893. The van der Waals surface area contributed by atoms with Gasteiger partial charge in [-0.3, -0.25) is 9.36 Å². The molecule has 40 heavy (non-hydrogen) atoms. The van der Waals surface area contributed by atoms with E-state index in [4.69, 9.17) is 32.2 Å². The van der Waals surface area contributed by atoms with Crippen molar-refractivity contribution < 1.29 is 13.6 Å². The van der Waals surface area contributed by atoms with Crippen LogP contribution in [0.3, 0.4) is 0 Å². The second kappa shape index (κ2) is 13.4. The summed E-state index contributed by atoms with van der Waals surface area (Å²) in [6, 6.07) is 23.7. The lowest BCUT2D eigenvalue weighted by atomic mass is 10.2. The first-order valence-corrected chi connectivity index (χ1v) is 15.8. The van der Waals surface area contributed by atoms with Crippen molar-refractivity contribution in [1.82, 2.24) is 9.78 Å². The zero-order chi connectivity index (χ0) is 28.9. The summed E-state index contributed by atoms with van der Waals surface area (Å²) < 4.78 is 27.2. The molecule has 0 aliphatic heterocycles. The largest absolute Gasteiger partial charge is 0.368 e. The van der Waals surface area contributed by atoms with Gasteiger partial charge < -0.3 is 14.4 Å². The van der Waals surface area contributed by atoms with E-state index >= 15 is 0 Å². The van der Waals surface area contributed by atoms with Gasteiger partial charge in [0.2, 0.25) is 0 Å². The van der Waals surface area contributed by atoms with Crippen LogP contribution in [0.1, 0.15) is 39.0 Å². The maximum Gasteiger partial charge on any atom is 0.357 e. The van der Waals surface area contributed by atoms with Crippen molar-refractivity contribution in [3.05, 3.63) is 111 Å². The fourth-order valence-corrected chi connectivity index (χ4v) is 7.36. The number of hydrogen-bond donors (Lipinski definition) is 1. The third-order valence-corrected chi connectivity index (χ3v) is 9.75. The van der Waals surface area contributed by atoms with Gasteiger partial charge in [0.1, 0.15) is 5.02 Å². The molecule has 0 aliphatic rings. The fraction of sp³-hybridized carbons (Fsp3) is 0.241. The quantitative estimate of drug-likeness (QED) is 0.168. The van der Waals surface area contributed by atoms with Crippen molar-refractivity contribution in [2.75, 3.05) is 5.32 Å². The molecule has 7 nitrogen and oxygen atoms in total. The molecular formula is C29H30Cl2N3O4PS. The van der Waals surface area contributed by atoms with Gasteiger partial charge in [0.05, 0.1) is 29.0 Å². The highest BCUT2D eigenvalue weighted by Crippen LogP contribution is 2.62. The molecular weight excluding hydrogens is 588 g/mol. The van der Waals surface area contributed by atoms with Gasteiger partial charge >= 0.3 is 7.60 Å². The molecule has 1 unspecified atom stereocenters. The van der Waals surface area contributed by atoms with Gasteiger partial charge in [-0.1, -0.05) is 65.3 Å². The Balaban J connectivity index is 1.59. The van der Waals surface area contributed by atoms with Crippen LogP contribution in [0, 0.1) is 0 Å². The second-order valence-electron chi connectivity index (χ2n) is 9.45. The van der Waals surface area contributed by atoms with Gasteiger partial charge in [0.25, 0.3) is 5.56 Å². The number of anilines is 1. The molecule has 11 heteroatoms. The van der Waals surface area contributed by atoms with E-state index in [9.17, 15) is 9.36 Å². The second-order valence-corrected chi connectivity index (χ2v) is 13.4. The summed E-state index contributed by atoms with van der Waals surface area (Å²) in [6.45, 7) is 7.28. The molecule has 0 spiro atoms. The highest BCUT2D eigenvalue weighted by molar-refractivity contribution is 7.99. The summed E-state index contributed by atoms with van der Waals surface area (Å²) in [5.41, 5.74) is 1.65. The fourth-order valence-electron chi connectivity index (χ4n) is 3.87. The maximum atomic E-state index is 14.1. The van der Waals surface area contributed by atoms with Crippen molar-refractivity contribution in [3.63, 3.8) is 0 Å². The lowest BCUT2D eigenvalue weighted by molar-refractivity contribution is 0.138. The van der Waals surface area contributed by atoms with Crippen molar-refractivity contribution in [2.24, 2.45) is 0 Å². The molecule has 0 saturated heterocycles. The highest BCUT2D eigenvalue weighted by Gasteiger charge is 2.39. The van der Waals surface area contributed by atoms with Crippen LogP contribution < -0.4 is 10.9 Å². The van der Waals surface area contributed by atoms with Gasteiger partial charge in [-0.2, -0.15) is 9.78 Å². The van der Waals surface area contributed by atoms with E-state index in [0.29, 0.717) is 26.9 Å². The maximum absolute atomic E-state index is 14.1. The van der Waals surface area contributed by atoms with E-state index in [2.05, 4.69) is 10.4 Å². The van der Waals surface area contributed by atoms with Crippen molar-refractivity contribution in [2.45, 2.75) is 55.5 Å². The highest BCUT2D eigenvalue weighted by atomic mass is 35.5. The monoisotopic (exact) mass is 617 g/mol. The van der Waals surface area contributed by atoms with Gasteiger partial charge in [0.15, 0.2) is 5.78 Å². The molecule has 0 amide bonds. The summed E-state index contributed by atoms with van der Waals surface area (Å²) in [7, 11) is -3.68. The average molecular weight is 619 g/mol. The molecule has 0 fully saturated rings. The number of para-hydroxylation sites is 1. The first-order valence-electron chi connectivity index (χ1n) is 12.7. The number of benzene rings is 3. The van der Waals surface area contributed by atoms with Crippen LogP contribution >= 0.6 is 42.6 Å². The van der Waals surface area contributed by atoms with Crippen LogP contribution in [-0.2, 0) is 13.6 Å². The number of hydrogen-bond acceptors (Lipinski definition) is 7. The Bertz CT molecular complexity index is 1520. The van der Waals surface area contributed by atoms with E-state index in [-0.39, 0.29) is 17.2 Å². The van der Waals surface area contributed by atoms with Crippen molar-refractivity contribution >= 4 is 48.2 Å². The smallest absolute Gasteiger partial charge is 0.357 e. The van der Waals surface area contributed by atoms with Gasteiger partial charge in [-0.25, -0.2) is 0 Å². The number of halogens is 2. The number of aromatic nitrogens is 2. The third kappa shape index (κ3) is 7.58. The molecule has 1 aromatic heterocycles. The minimum Gasteiger partial charge on any atom is -0.368 e. The Morgan fingerprint density at radius 3 is 2.05 bits per heavy atom. The first-order chi connectivity index (χ1) is 19.1. The third-order valence-electron chi connectivity index (χ3n) is 5.49. The van der Waals surface area contributed by atoms with Crippen LogP contribution in [0.15, 0.2) is 99.6 Å². The number of rotatable bonds is 11. The Labute approximate surface area is 248 Å². The van der Waals surface area contributed by atoms with Crippen LogP contribution in [0.25, 0.3) is 5.69 Å². The summed E-state index contributed by atoms with van der Waals surface area (Å²) >= 11 is 13.9. The molecule has 1 atom stereocenters. The lowest BCUT2D eigenvalue weighted by Gasteiger charge is -2.31. The Kier molecular flexibility index (Phi) is 10.2. The van der Waals surface area contributed by atoms with Crippen molar-refractivity contribution in [3.8, 4) is 5.69 Å². The zero-order valence-electron chi connectivity index (χ0n) is 22.5. The topological polar surface area (TPSA) is 82.4 Å². The van der Waals surface area contributed by atoms with Crippen LogP contribution in [0.4, 0.5) is 5.69 Å². The molecule has 4 aromatic rings. The summed E-state index contributed by atoms with van der Waals surface area (Å²) in [4.78, 5) is 14.2. The Hall–Kier alpha value is -2.58. The molecule has 210 valence electrons. The predicted octanol–water partition coefficient (Wildman–Crippen LogP) is 8.84. The SMILES string of the molecule is CC(C)OP(=O)(OC(C)C)C(Nc1ccc(Sc2cnn(-c3ccccc3)c(=O)c2Cl)cc1)c1ccc(Cl)cc1. The summed E-state index contributed by atoms with van der Waals surface area (Å²) in [5, 5.41) is 8.30. The van der Waals surface area contributed by atoms with Gasteiger partial charge in [-0.05, 0) is 81.8 Å². The van der Waals surface area contributed by atoms with E-state index in [1.807, 2.05) is 70.2 Å². The molecule has 1 N–H and O–H groups in total. The summed E-state index contributed by atoms with van der Waals surface area (Å²) in [6.07, 6.45) is 0.929. The number of nitrogens with zero attached hydrogens (tertiary/aromatic N) is 2. The standard InChI is InChI=1S/C29H30Cl2N3O4PS/c1-19(2)37-39(36,38-20(3)4)28(21-10-12-22(30)13-11-21)33-23-14-16-25(17-15-23)40-26-18-32-34(29(35)27(26)31)24-8-6-5-7-9-24/h5-20,28,33H,1-4H3.